The third-order valence-electron chi connectivity index (χ3n) is 5.07. The van der Waals surface area contributed by atoms with Gasteiger partial charge in [-0.1, -0.05) is 0 Å². The smallest absolute Gasteiger partial charge is 0.335 e. The molecule has 1 N–H and O–H groups in total. The number of allylic oxidation sites excluding steroid dienone is 1. The Hall–Kier alpha value is -3.26. The molecule has 140 valence electrons. The van der Waals surface area contributed by atoms with Gasteiger partial charge >= 0.3 is 5.97 Å². The van der Waals surface area contributed by atoms with Crippen LogP contribution in [0.2, 0.25) is 0 Å². The normalized spacial score (nSPS) is 15.0. The summed E-state index contributed by atoms with van der Waals surface area (Å²) in [4.78, 5) is 35.5. The fourth-order valence-corrected chi connectivity index (χ4v) is 4.59. The van der Waals surface area contributed by atoms with Gasteiger partial charge in [-0.25, -0.2) is 14.8 Å². The quantitative estimate of drug-likeness (QED) is 0.565. The number of imidazole rings is 1. The Morgan fingerprint density at radius 3 is 2.89 bits per heavy atom. The molecule has 0 spiro atoms. The predicted octanol–water partition coefficient (Wildman–Crippen LogP) is 3.37. The minimum absolute atomic E-state index is 0.120. The van der Waals surface area contributed by atoms with Gasteiger partial charge in [-0.15, -0.1) is 11.3 Å². The van der Waals surface area contributed by atoms with Crippen molar-refractivity contribution in [3.63, 3.8) is 0 Å². The Balaban J connectivity index is 1.72. The monoisotopic (exact) mass is 392 g/mol. The van der Waals surface area contributed by atoms with E-state index in [9.17, 15) is 14.7 Å². The van der Waals surface area contributed by atoms with E-state index in [-0.39, 0.29) is 11.1 Å². The van der Waals surface area contributed by atoms with Crippen molar-refractivity contribution in [3.8, 4) is 0 Å². The van der Waals surface area contributed by atoms with Crippen LogP contribution in [0.15, 0.2) is 29.2 Å². The first-order valence-electron chi connectivity index (χ1n) is 8.86. The van der Waals surface area contributed by atoms with Crippen molar-refractivity contribution in [2.45, 2.75) is 26.8 Å². The molecule has 0 amide bonds. The van der Waals surface area contributed by atoms with Crippen molar-refractivity contribution < 1.29 is 9.90 Å². The molecule has 0 bridgehead atoms. The van der Waals surface area contributed by atoms with Crippen molar-refractivity contribution >= 4 is 44.8 Å². The van der Waals surface area contributed by atoms with Crippen LogP contribution in [0.5, 0.6) is 0 Å². The Morgan fingerprint density at radius 1 is 1.29 bits per heavy atom. The third-order valence-corrected chi connectivity index (χ3v) is 5.97. The van der Waals surface area contributed by atoms with Crippen LogP contribution in [-0.2, 0) is 6.54 Å². The summed E-state index contributed by atoms with van der Waals surface area (Å²) in [7, 11) is 0. The third kappa shape index (κ3) is 2.41. The largest absolute Gasteiger partial charge is 0.478 e. The van der Waals surface area contributed by atoms with E-state index in [1.54, 1.807) is 22.0 Å². The zero-order valence-electron chi connectivity index (χ0n) is 15.3. The zero-order chi connectivity index (χ0) is 19.6. The number of hydrogen-bond acceptors (Lipinski definition) is 5. The van der Waals surface area contributed by atoms with Crippen LogP contribution in [0.1, 0.15) is 38.9 Å². The highest BCUT2D eigenvalue weighted by molar-refractivity contribution is 7.17. The molecular formula is C20H16N4O3S. The summed E-state index contributed by atoms with van der Waals surface area (Å²) >= 11 is 1.64. The summed E-state index contributed by atoms with van der Waals surface area (Å²) in [6, 6.07) is 4.44. The van der Waals surface area contributed by atoms with E-state index in [0.717, 1.165) is 21.9 Å². The molecule has 0 fully saturated rings. The van der Waals surface area contributed by atoms with E-state index >= 15 is 0 Å². The van der Waals surface area contributed by atoms with Crippen LogP contribution in [0.4, 0.5) is 0 Å². The molecule has 8 heteroatoms. The van der Waals surface area contributed by atoms with Gasteiger partial charge in [0.15, 0.2) is 4.96 Å². The number of aromatic carboxylic acids is 1. The Kier molecular flexibility index (Phi) is 3.54. The molecule has 0 atom stereocenters. The standard InChI is InChI=1S/C20H16N4O3S/c1-10-9-24-16(11(2)21-20(24)28-10)8-12-5-6-23-17(12)22-15-7-13(19(26)27)3-4-14(15)18(23)25/h3-4,7-9H,5-6H2,1-2H3,(H,26,27). The average molecular weight is 392 g/mol. The molecule has 0 saturated carbocycles. The van der Waals surface area contributed by atoms with E-state index < -0.39 is 5.97 Å². The minimum atomic E-state index is -1.04. The molecular weight excluding hydrogens is 376 g/mol. The van der Waals surface area contributed by atoms with Gasteiger partial charge in [0, 0.05) is 17.6 Å². The molecule has 1 aromatic carbocycles. The molecule has 3 aromatic heterocycles. The number of rotatable bonds is 2. The summed E-state index contributed by atoms with van der Waals surface area (Å²) in [5, 5.41) is 9.67. The highest BCUT2D eigenvalue weighted by atomic mass is 32.1. The molecule has 1 aliphatic rings. The summed E-state index contributed by atoms with van der Waals surface area (Å²) in [6.07, 6.45) is 4.79. The first-order valence-corrected chi connectivity index (χ1v) is 9.68. The van der Waals surface area contributed by atoms with Gasteiger partial charge in [0.25, 0.3) is 5.56 Å². The Bertz CT molecular complexity index is 1390. The second-order valence-electron chi connectivity index (χ2n) is 6.93. The molecule has 5 rings (SSSR count). The van der Waals surface area contributed by atoms with E-state index in [1.807, 2.05) is 19.9 Å². The maximum atomic E-state index is 12.9. The van der Waals surface area contributed by atoms with Gasteiger partial charge in [-0.2, -0.15) is 0 Å². The summed E-state index contributed by atoms with van der Waals surface area (Å²) in [5.41, 5.74) is 3.25. The van der Waals surface area contributed by atoms with Crippen LogP contribution in [0.25, 0.3) is 27.5 Å². The number of thiazole rings is 1. The van der Waals surface area contributed by atoms with E-state index in [0.29, 0.717) is 29.7 Å². The molecule has 7 nitrogen and oxygen atoms in total. The van der Waals surface area contributed by atoms with Gasteiger partial charge in [0.05, 0.1) is 27.9 Å². The van der Waals surface area contributed by atoms with Crippen LogP contribution >= 0.6 is 11.3 Å². The second kappa shape index (κ2) is 5.87. The SMILES string of the molecule is Cc1cn2c(C=C3CCn4c3nc3cc(C(=O)O)ccc3c4=O)c(C)nc2s1. The lowest BCUT2D eigenvalue weighted by Crippen LogP contribution is -2.21. The van der Waals surface area contributed by atoms with Crippen LogP contribution in [0, 0.1) is 13.8 Å². The lowest BCUT2D eigenvalue weighted by Gasteiger charge is -2.06. The topological polar surface area (TPSA) is 89.5 Å². The van der Waals surface area contributed by atoms with E-state index in [4.69, 9.17) is 0 Å². The first-order chi connectivity index (χ1) is 13.4. The van der Waals surface area contributed by atoms with Crippen molar-refractivity contribution in [2.75, 3.05) is 0 Å². The summed E-state index contributed by atoms with van der Waals surface area (Å²) < 4.78 is 3.73. The predicted molar refractivity (Wildman–Crippen MR) is 108 cm³/mol. The van der Waals surface area contributed by atoms with E-state index in [2.05, 4.69) is 20.6 Å². The van der Waals surface area contributed by atoms with Gasteiger partial charge in [0.1, 0.15) is 5.82 Å². The molecule has 28 heavy (non-hydrogen) atoms. The number of hydrogen-bond donors (Lipinski definition) is 1. The first kappa shape index (κ1) is 16.9. The number of carboxylic acid groups (broad SMARTS) is 1. The van der Waals surface area contributed by atoms with Crippen LogP contribution < -0.4 is 5.56 Å². The molecule has 0 aliphatic carbocycles. The minimum Gasteiger partial charge on any atom is -0.478 e. The van der Waals surface area contributed by atoms with Crippen molar-refractivity contribution in [1.82, 2.24) is 18.9 Å². The number of benzene rings is 1. The van der Waals surface area contributed by atoms with Gasteiger partial charge in [-0.05, 0) is 50.1 Å². The number of fused-ring (bicyclic) bond motifs is 3. The summed E-state index contributed by atoms with van der Waals surface area (Å²) in [5.74, 6) is -0.438. The molecule has 0 radical (unpaired) electrons. The lowest BCUT2D eigenvalue weighted by atomic mass is 10.1. The Labute approximate surface area is 163 Å². The average Bonchev–Trinajstić information content (AvgIpc) is 3.29. The van der Waals surface area contributed by atoms with Crippen molar-refractivity contribution in [3.05, 3.63) is 62.4 Å². The molecule has 4 heterocycles. The molecule has 0 saturated heterocycles. The maximum absolute atomic E-state index is 12.9. The number of aryl methyl sites for hydroxylation is 2. The molecule has 4 aromatic rings. The maximum Gasteiger partial charge on any atom is 0.335 e. The number of aromatic nitrogens is 4. The second-order valence-corrected chi connectivity index (χ2v) is 8.14. The number of carbonyl (C=O) groups is 1. The van der Waals surface area contributed by atoms with Gasteiger partial charge in [-0.3, -0.25) is 13.8 Å². The number of nitrogens with zero attached hydrogens (tertiary/aromatic N) is 4. The fourth-order valence-electron chi connectivity index (χ4n) is 3.71. The fraction of sp³-hybridized carbons (Fsp3) is 0.200. The zero-order valence-corrected chi connectivity index (χ0v) is 16.1. The van der Waals surface area contributed by atoms with Crippen molar-refractivity contribution in [2.24, 2.45) is 0 Å². The molecule has 1 aliphatic heterocycles. The molecule has 0 unspecified atom stereocenters. The number of carboxylic acids is 1. The Morgan fingerprint density at radius 2 is 2.11 bits per heavy atom. The van der Waals surface area contributed by atoms with Crippen LogP contribution in [-0.4, -0.2) is 30.0 Å². The highest BCUT2D eigenvalue weighted by Crippen LogP contribution is 2.30. The van der Waals surface area contributed by atoms with E-state index in [1.165, 1.54) is 17.0 Å². The summed E-state index contributed by atoms with van der Waals surface area (Å²) in [6.45, 7) is 4.58. The van der Waals surface area contributed by atoms with Crippen LogP contribution in [0.3, 0.4) is 0 Å². The highest BCUT2D eigenvalue weighted by Gasteiger charge is 2.22. The van der Waals surface area contributed by atoms with Gasteiger partial charge < -0.3 is 5.11 Å². The van der Waals surface area contributed by atoms with Crippen molar-refractivity contribution in [1.29, 1.82) is 0 Å². The lowest BCUT2D eigenvalue weighted by molar-refractivity contribution is 0.0697. The van der Waals surface area contributed by atoms with Gasteiger partial charge in [0.2, 0.25) is 0 Å².